The molecule has 0 aliphatic carbocycles. The van der Waals surface area contributed by atoms with Crippen molar-refractivity contribution in [1.29, 1.82) is 0 Å². The highest BCUT2D eigenvalue weighted by atomic mass is 19.1. The Morgan fingerprint density at radius 3 is 2.45 bits per heavy atom. The summed E-state index contributed by atoms with van der Waals surface area (Å²) < 4.78 is 13.7. The molecule has 3 aromatic rings. The molecule has 152 valence electrons. The Kier molecular flexibility index (Phi) is 6.69. The van der Waals surface area contributed by atoms with E-state index in [1.807, 2.05) is 6.07 Å². The van der Waals surface area contributed by atoms with E-state index < -0.39 is 17.5 Å². The van der Waals surface area contributed by atoms with Crippen LogP contribution < -0.4 is 5.32 Å². The van der Waals surface area contributed by atoms with E-state index in [1.54, 1.807) is 48.5 Å². The summed E-state index contributed by atoms with van der Waals surface area (Å²) >= 11 is 0. The number of nitrogens with zero attached hydrogens (tertiary/aromatic N) is 2. The quantitative estimate of drug-likeness (QED) is 0.288. The van der Waals surface area contributed by atoms with Crippen LogP contribution in [0.1, 0.15) is 27.0 Å². The number of nitrogens with one attached hydrogen (secondary N) is 1. The largest absolute Gasteiger partial charge is 0.472 e. The first kappa shape index (κ1) is 21.2. The molecule has 0 aromatic heterocycles. The van der Waals surface area contributed by atoms with Gasteiger partial charge in [0.1, 0.15) is 5.82 Å². The van der Waals surface area contributed by atoms with Gasteiger partial charge in [0, 0.05) is 17.5 Å². The summed E-state index contributed by atoms with van der Waals surface area (Å²) in [6.07, 6.45) is 0.000356. The molecule has 3 aromatic carbocycles. The van der Waals surface area contributed by atoms with Crippen LogP contribution in [-0.4, -0.2) is 27.5 Å². The first-order valence-corrected chi connectivity index (χ1v) is 9.18. The molecular formula is C24H16FN3O3. The van der Waals surface area contributed by atoms with Crippen LogP contribution in [0.2, 0.25) is 0 Å². The van der Waals surface area contributed by atoms with Crippen LogP contribution in [-0.2, 0) is 11.2 Å². The van der Waals surface area contributed by atoms with E-state index in [9.17, 15) is 19.1 Å². The zero-order valence-electron chi connectivity index (χ0n) is 16.2. The van der Waals surface area contributed by atoms with E-state index in [-0.39, 0.29) is 23.5 Å². The summed E-state index contributed by atoms with van der Waals surface area (Å²) in [7, 11) is 0. The predicted octanol–water partition coefficient (Wildman–Crippen LogP) is 3.78. The van der Waals surface area contributed by atoms with Crippen molar-refractivity contribution in [3.63, 3.8) is 0 Å². The second-order valence-electron chi connectivity index (χ2n) is 6.40. The first-order chi connectivity index (χ1) is 15.0. The number of rotatable bonds is 5. The number of para-hydroxylation sites is 1. The number of anilines is 1. The van der Waals surface area contributed by atoms with Gasteiger partial charge in [-0.25, -0.2) is 9.18 Å². The fraction of sp³-hybridized carbons (Fsp3) is 0.0417. The van der Waals surface area contributed by atoms with Gasteiger partial charge in [-0.1, -0.05) is 42.2 Å². The number of carboxylic acid groups (broad SMARTS) is 1. The zero-order chi connectivity index (χ0) is 22.2. The lowest BCUT2D eigenvalue weighted by molar-refractivity contribution is -0.133. The molecule has 0 unspecified atom stereocenters. The Hall–Kier alpha value is -4.53. The SMILES string of the molecule is [N-]=[N+]=C(C(=O)O)c1ccc(F)cc1CC#Cc1ccccc1NC(=O)c1ccccc1. The minimum Gasteiger partial charge on any atom is -0.472 e. The summed E-state index contributed by atoms with van der Waals surface area (Å²) in [5, 5.41) is 12.0. The maximum atomic E-state index is 13.7. The van der Waals surface area contributed by atoms with Crippen molar-refractivity contribution in [2.45, 2.75) is 6.42 Å². The van der Waals surface area contributed by atoms with Crippen LogP contribution in [0.5, 0.6) is 0 Å². The number of aliphatic carboxylic acids is 1. The van der Waals surface area contributed by atoms with Crippen LogP contribution in [0.3, 0.4) is 0 Å². The molecule has 0 aliphatic heterocycles. The molecule has 0 saturated carbocycles. The molecule has 0 spiro atoms. The molecule has 3 rings (SSSR count). The van der Waals surface area contributed by atoms with Gasteiger partial charge in [0.2, 0.25) is 0 Å². The van der Waals surface area contributed by atoms with Crippen LogP contribution in [0, 0.1) is 17.7 Å². The third-order valence-electron chi connectivity index (χ3n) is 4.34. The lowest BCUT2D eigenvalue weighted by Gasteiger charge is -2.07. The zero-order valence-corrected chi connectivity index (χ0v) is 16.2. The molecule has 7 heteroatoms. The Balaban J connectivity index is 1.86. The van der Waals surface area contributed by atoms with Crippen LogP contribution >= 0.6 is 0 Å². The van der Waals surface area contributed by atoms with Crippen molar-refractivity contribution in [2.24, 2.45) is 0 Å². The van der Waals surface area contributed by atoms with Crippen molar-refractivity contribution in [3.05, 3.63) is 106 Å². The molecule has 0 fully saturated rings. The van der Waals surface area contributed by atoms with Gasteiger partial charge in [-0.15, -0.1) is 0 Å². The molecule has 0 aliphatic rings. The Morgan fingerprint density at radius 2 is 1.74 bits per heavy atom. The first-order valence-electron chi connectivity index (χ1n) is 9.18. The summed E-state index contributed by atoms with van der Waals surface area (Å²) in [4.78, 5) is 26.5. The highest BCUT2D eigenvalue weighted by molar-refractivity contribution is 6.40. The van der Waals surface area contributed by atoms with Gasteiger partial charge in [-0.3, -0.25) is 4.79 Å². The Labute approximate surface area is 177 Å². The summed E-state index contributed by atoms with van der Waals surface area (Å²) in [6, 6.07) is 19.1. The molecule has 2 N–H and O–H groups in total. The normalized spacial score (nSPS) is 9.71. The lowest BCUT2D eigenvalue weighted by Crippen LogP contribution is -2.17. The van der Waals surface area contributed by atoms with Gasteiger partial charge < -0.3 is 16.0 Å². The van der Waals surface area contributed by atoms with E-state index in [4.69, 9.17) is 5.53 Å². The number of carbonyl (C=O) groups excluding carboxylic acids is 1. The number of halogens is 1. The minimum atomic E-state index is -1.45. The van der Waals surface area contributed by atoms with E-state index in [0.717, 1.165) is 12.1 Å². The molecule has 0 bridgehead atoms. The van der Waals surface area contributed by atoms with Gasteiger partial charge in [-0.2, -0.15) is 4.79 Å². The van der Waals surface area contributed by atoms with Crippen molar-refractivity contribution in [3.8, 4) is 11.8 Å². The maximum Gasteiger partial charge on any atom is 0.419 e. The van der Waals surface area contributed by atoms with Crippen molar-refractivity contribution in [2.75, 3.05) is 5.32 Å². The van der Waals surface area contributed by atoms with Crippen molar-refractivity contribution < 1.29 is 23.9 Å². The highest BCUT2D eigenvalue weighted by Crippen LogP contribution is 2.16. The molecule has 0 atom stereocenters. The third kappa shape index (κ3) is 5.30. The van der Waals surface area contributed by atoms with Gasteiger partial charge in [0.25, 0.3) is 5.91 Å². The number of carbonyl (C=O) groups is 2. The number of benzene rings is 3. The second kappa shape index (κ2) is 9.79. The van der Waals surface area contributed by atoms with Gasteiger partial charge in [0.15, 0.2) is 0 Å². The van der Waals surface area contributed by atoms with Crippen molar-refractivity contribution in [1.82, 2.24) is 0 Å². The fourth-order valence-corrected chi connectivity index (χ4v) is 2.87. The number of amides is 1. The molecule has 31 heavy (non-hydrogen) atoms. The molecule has 0 saturated heterocycles. The minimum absolute atomic E-state index is 0.000356. The van der Waals surface area contributed by atoms with Crippen molar-refractivity contribution >= 4 is 23.3 Å². The second-order valence-corrected chi connectivity index (χ2v) is 6.40. The predicted molar refractivity (Wildman–Crippen MR) is 113 cm³/mol. The number of hydrogen-bond donors (Lipinski definition) is 2. The maximum absolute atomic E-state index is 13.7. The molecule has 6 nitrogen and oxygen atoms in total. The average molecular weight is 413 g/mol. The standard InChI is InChI=1S/C24H16FN3O3/c25-19-13-14-20(22(28-26)24(30)31)18(15-19)11-6-10-16-7-4-5-12-21(16)27-23(29)17-8-2-1-3-9-17/h1-5,7-9,12-15H,11H2,(H,27,29)(H,30,31). The molecule has 0 radical (unpaired) electrons. The van der Waals surface area contributed by atoms with E-state index >= 15 is 0 Å². The summed E-state index contributed by atoms with van der Waals surface area (Å²) in [5.41, 5.74) is 10.3. The molecular weight excluding hydrogens is 397 g/mol. The van der Waals surface area contributed by atoms with Gasteiger partial charge >= 0.3 is 11.7 Å². The molecule has 1 amide bonds. The Morgan fingerprint density at radius 1 is 1.03 bits per heavy atom. The monoisotopic (exact) mass is 413 g/mol. The summed E-state index contributed by atoms with van der Waals surface area (Å²) in [6.45, 7) is 0. The van der Waals surface area contributed by atoms with Gasteiger partial charge in [-0.05, 0) is 48.0 Å². The topological polar surface area (TPSA) is 103 Å². The fourth-order valence-electron chi connectivity index (χ4n) is 2.87. The highest BCUT2D eigenvalue weighted by Gasteiger charge is 2.24. The van der Waals surface area contributed by atoms with E-state index in [0.29, 0.717) is 16.8 Å². The average Bonchev–Trinajstić information content (AvgIpc) is 2.77. The van der Waals surface area contributed by atoms with E-state index in [1.165, 1.54) is 6.07 Å². The van der Waals surface area contributed by atoms with Crippen LogP contribution in [0.25, 0.3) is 5.53 Å². The number of hydrogen-bond acceptors (Lipinski definition) is 2. The van der Waals surface area contributed by atoms with E-state index in [2.05, 4.69) is 21.9 Å². The van der Waals surface area contributed by atoms with Crippen LogP contribution in [0.4, 0.5) is 10.1 Å². The van der Waals surface area contributed by atoms with Gasteiger partial charge in [0.05, 0.1) is 11.3 Å². The Bertz CT molecular complexity index is 1250. The third-order valence-corrected chi connectivity index (χ3v) is 4.34. The number of carboxylic acids is 1. The van der Waals surface area contributed by atoms with Crippen LogP contribution in [0.15, 0.2) is 72.8 Å². The summed E-state index contributed by atoms with van der Waals surface area (Å²) in [5.74, 6) is 3.47. The lowest BCUT2D eigenvalue weighted by atomic mass is 10.00. The smallest absolute Gasteiger partial charge is 0.419 e. The molecule has 0 heterocycles.